The van der Waals surface area contributed by atoms with Crippen LogP contribution in [0.2, 0.25) is 0 Å². The van der Waals surface area contributed by atoms with Crippen molar-refractivity contribution < 1.29 is 14.3 Å². The summed E-state index contributed by atoms with van der Waals surface area (Å²) in [4.78, 5) is 21.5. The topological polar surface area (TPSA) is 43.4 Å². The second kappa shape index (κ2) is 7.60. The number of rotatable bonds is 7. The van der Waals surface area contributed by atoms with Gasteiger partial charge in [0.1, 0.15) is 11.5 Å². The Morgan fingerprint density at radius 1 is 1.24 bits per heavy atom. The molecule has 0 radical (unpaired) electrons. The van der Waals surface area contributed by atoms with E-state index in [-0.39, 0.29) is 17.5 Å². The van der Waals surface area contributed by atoms with Gasteiger partial charge in [-0.15, -0.1) is 0 Å². The molecule has 0 aromatic carbocycles. The fourth-order valence-corrected chi connectivity index (χ4v) is 1.19. The van der Waals surface area contributed by atoms with Gasteiger partial charge in [0.15, 0.2) is 0 Å². The van der Waals surface area contributed by atoms with Crippen molar-refractivity contribution >= 4 is 11.8 Å². The molecule has 0 spiro atoms. The second-order valence-corrected chi connectivity index (χ2v) is 4.11. The van der Waals surface area contributed by atoms with Crippen LogP contribution < -0.4 is 0 Å². The van der Waals surface area contributed by atoms with Crippen LogP contribution >= 0.6 is 0 Å². The molecular formula is C14H20O3. The zero-order chi connectivity index (χ0) is 13.4. The number of allylic oxidation sites excluding steroid dienone is 3. The number of hydrogen-bond donors (Lipinski definition) is 0. The Morgan fingerprint density at radius 2 is 1.82 bits per heavy atom. The molecule has 0 heterocycles. The molecule has 0 fully saturated rings. The number of hydrogen-bond acceptors (Lipinski definition) is 3. The van der Waals surface area contributed by atoms with Gasteiger partial charge in [0, 0.05) is 13.3 Å². The average molecular weight is 236 g/mol. The molecule has 0 aliphatic rings. The Balaban J connectivity index is 4.15. The van der Waals surface area contributed by atoms with Gasteiger partial charge >= 0.3 is 5.97 Å². The van der Waals surface area contributed by atoms with Crippen LogP contribution in [0.25, 0.3) is 0 Å². The van der Waals surface area contributed by atoms with Gasteiger partial charge < -0.3 is 9.53 Å². The first-order chi connectivity index (χ1) is 7.82. The molecule has 1 unspecified atom stereocenters. The van der Waals surface area contributed by atoms with E-state index < -0.39 is 5.97 Å². The van der Waals surface area contributed by atoms with Gasteiger partial charge in [0.2, 0.25) is 0 Å². The van der Waals surface area contributed by atoms with Crippen molar-refractivity contribution in [2.75, 3.05) is 0 Å². The first kappa shape index (κ1) is 15.4. The van der Waals surface area contributed by atoms with Crippen molar-refractivity contribution in [2.24, 2.45) is 5.92 Å². The van der Waals surface area contributed by atoms with E-state index in [1.54, 1.807) is 19.1 Å². The van der Waals surface area contributed by atoms with Crippen LogP contribution in [0.4, 0.5) is 0 Å². The zero-order valence-corrected chi connectivity index (χ0v) is 10.8. The van der Waals surface area contributed by atoms with E-state index in [9.17, 15) is 9.59 Å². The van der Waals surface area contributed by atoms with E-state index in [1.165, 1.54) is 6.92 Å². The normalized spacial score (nSPS) is 12.2. The highest BCUT2D eigenvalue weighted by Gasteiger charge is 2.05. The van der Waals surface area contributed by atoms with Crippen LogP contribution in [0.3, 0.4) is 0 Å². The average Bonchev–Trinajstić information content (AvgIpc) is 2.21. The molecule has 0 amide bonds. The van der Waals surface area contributed by atoms with Gasteiger partial charge in [-0.3, -0.25) is 4.79 Å². The Hall–Kier alpha value is -1.64. The highest BCUT2D eigenvalue weighted by Crippen LogP contribution is 2.16. The SMILES string of the molecule is C=C(/C=C\C(=C)C(C)CCC(C)=O)OC(C)=O. The van der Waals surface area contributed by atoms with Crippen LogP contribution in [-0.2, 0) is 14.3 Å². The van der Waals surface area contributed by atoms with E-state index in [2.05, 4.69) is 13.2 Å². The lowest BCUT2D eigenvalue weighted by Crippen LogP contribution is -2.00. The molecule has 1 atom stereocenters. The molecular weight excluding hydrogens is 216 g/mol. The third-order valence-electron chi connectivity index (χ3n) is 2.32. The van der Waals surface area contributed by atoms with Crippen LogP contribution in [-0.4, -0.2) is 11.8 Å². The Morgan fingerprint density at radius 3 is 2.29 bits per heavy atom. The predicted molar refractivity (Wildman–Crippen MR) is 68.3 cm³/mol. The molecule has 0 saturated heterocycles. The highest BCUT2D eigenvalue weighted by atomic mass is 16.5. The van der Waals surface area contributed by atoms with Crippen molar-refractivity contribution in [3.8, 4) is 0 Å². The summed E-state index contributed by atoms with van der Waals surface area (Å²) in [7, 11) is 0. The lowest BCUT2D eigenvalue weighted by atomic mass is 9.96. The number of ketones is 1. The Labute approximate surface area is 103 Å². The van der Waals surface area contributed by atoms with Crippen molar-refractivity contribution in [3.63, 3.8) is 0 Å². The van der Waals surface area contributed by atoms with E-state index in [1.807, 2.05) is 6.92 Å². The minimum absolute atomic E-state index is 0.179. The monoisotopic (exact) mass is 236 g/mol. The third-order valence-corrected chi connectivity index (χ3v) is 2.32. The summed E-state index contributed by atoms with van der Waals surface area (Å²) in [6.07, 6.45) is 4.70. The Bertz CT molecular complexity index is 350. The van der Waals surface area contributed by atoms with Gasteiger partial charge in [0.05, 0.1) is 0 Å². The van der Waals surface area contributed by atoms with E-state index in [0.29, 0.717) is 6.42 Å². The lowest BCUT2D eigenvalue weighted by molar-refractivity contribution is -0.136. The van der Waals surface area contributed by atoms with Crippen molar-refractivity contribution in [1.82, 2.24) is 0 Å². The van der Waals surface area contributed by atoms with Crippen molar-refractivity contribution in [2.45, 2.75) is 33.6 Å². The van der Waals surface area contributed by atoms with E-state index in [4.69, 9.17) is 4.74 Å². The van der Waals surface area contributed by atoms with Crippen molar-refractivity contribution in [1.29, 1.82) is 0 Å². The smallest absolute Gasteiger partial charge is 0.308 e. The fraction of sp³-hybridized carbons (Fsp3) is 0.429. The first-order valence-corrected chi connectivity index (χ1v) is 5.56. The maximum atomic E-state index is 10.8. The zero-order valence-electron chi connectivity index (χ0n) is 10.8. The van der Waals surface area contributed by atoms with Crippen LogP contribution in [0.1, 0.15) is 33.6 Å². The molecule has 3 nitrogen and oxygen atoms in total. The summed E-state index contributed by atoms with van der Waals surface area (Å²) in [5.74, 6) is 0.297. The Kier molecular flexibility index (Phi) is 6.87. The standard InChI is InChI=1S/C14H20O3/c1-10(6-8-12(3)15)11(2)7-9-13(4)17-14(5)16/h7,9-10H,2,4,6,8H2,1,3,5H3/b9-7-. The summed E-state index contributed by atoms with van der Waals surface area (Å²) in [5, 5.41) is 0. The molecule has 3 heteroatoms. The number of Topliss-reactive ketones (excluding diaryl/α,β-unsaturated/α-hetero) is 1. The molecule has 94 valence electrons. The summed E-state index contributed by atoms with van der Waals surface area (Å²) in [6.45, 7) is 12.4. The molecule has 0 aromatic rings. The van der Waals surface area contributed by atoms with Crippen LogP contribution in [0, 0.1) is 5.92 Å². The highest BCUT2D eigenvalue weighted by molar-refractivity contribution is 5.75. The molecule has 0 N–H and O–H groups in total. The van der Waals surface area contributed by atoms with E-state index in [0.717, 1.165) is 12.0 Å². The molecule has 0 rings (SSSR count). The van der Waals surface area contributed by atoms with E-state index >= 15 is 0 Å². The maximum absolute atomic E-state index is 10.8. The van der Waals surface area contributed by atoms with Gasteiger partial charge in [-0.2, -0.15) is 0 Å². The largest absolute Gasteiger partial charge is 0.427 e. The third kappa shape index (κ3) is 8.20. The number of esters is 1. The van der Waals surface area contributed by atoms with Gasteiger partial charge in [-0.1, -0.05) is 31.7 Å². The number of carbonyl (C=O) groups is 2. The molecule has 0 saturated carbocycles. The van der Waals surface area contributed by atoms with Gasteiger partial charge in [-0.25, -0.2) is 0 Å². The molecule has 0 aromatic heterocycles. The summed E-state index contributed by atoms with van der Waals surface area (Å²) in [6, 6.07) is 0. The van der Waals surface area contributed by atoms with Crippen LogP contribution in [0.5, 0.6) is 0 Å². The molecule has 0 bridgehead atoms. The maximum Gasteiger partial charge on any atom is 0.308 e. The first-order valence-electron chi connectivity index (χ1n) is 5.56. The molecule has 0 aliphatic carbocycles. The minimum atomic E-state index is -0.394. The number of ether oxygens (including phenoxy) is 1. The summed E-state index contributed by atoms with van der Waals surface area (Å²) >= 11 is 0. The lowest BCUT2D eigenvalue weighted by Gasteiger charge is -2.10. The molecule has 0 aliphatic heterocycles. The predicted octanol–water partition coefficient (Wildman–Crippen LogP) is 3.18. The van der Waals surface area contributed by atoms with Crippen LogP contribution in [0.15, 0.2) is 36.6 Å². The summed E-state index contributed by atoms with van der Waals surface area (Å²) < 4.78 is 4.76. The van der Waals surface area contributed by atoms with Gasteiger partial charge in [-0.05, 0) is 25.3 Å². The van der Waals surface area contributed by atoms with Crippen molar-refractivity contribution in [3.05, 3.63) is 36.6 Å². The molecule has 17 heavy (non-hydrogen) atoms. The number of carbonyl (C=O) groups excluding carboxylic acids is 2. The summed E-state index contributed by atoms with van der Waals surface area (Å²) in [5.41, 5.74) is 0.888. The second-order valence-electron chi connectivity index (χ2n) is 4.11. The quantitative estimate of drug-likeness (QED) is 0.387. The minimum Gasteiger partial charge on any atom is -0.427 e. The fourth-order valence-electron chi connectivity index (χ4n) is 1.19. The van der Waals surface area contributed by atoms with Gasteiger partial charge in [0.25, 0.3) is 0 Å².